The molecule has 0 spiro atoms. The molecule has 1 aromatic rings. The molecule has 1 aliphatic heterocycles. The number of nitriles is 1. The van der Waals surface area contributed by atoms with Crippen LogP contribution < -0.4 is 5.32 Å². The van der Waals surface area contributed by atoms with Crippen LogP contribution in [0.3, 0.4) is 0 Å². The van der Waals surface area contributed by atoms with Gasteiger partial charge in [-0.25, -0.2) is 0 Å². The van der Waals surface area contributed by atoms with Crippen LogP contribution in [0.5, 0.6) is 0 Å². The van der Waals surface area contributed by atoms with E-state index in [1.54, 1.807) is 4.90 Å². The zero-order chi connectivity index (χ0) is 13.1. The smallest absolute Gasteiger partial charge is 0.271 e. The van der Waals surface area contributed by atoms with Crippen molar-refractivity contribution in [3.05, 3.63) is 24.0 Å². The summed E-state index contributed by atoms with van der Waals surface area (Å²) in [4.78, 5) is 14.1. The lowest BCUT2D eigenvalue weighted by atomic mass is 10.2. The predicted molar refractivity (Wildman–Crippen MR) is 68.1 cm³/mol. The first kappa shape index (κ1) is 12.7. The molecule has 1 N–H and O–H groups in total. The second-order valence-corrected chi connectivity index (χ2v) is 4.74. The first-order valence-corrected chi connectivity index (χ1v) is 6.23. The van der Waals surface area contributed by atoms with E-state index in [1.807, 2.05) is 36.7 Å². The van der Waals surface area contributed by atoms with E-state index in [0.29, 0.717) is 18.8 Å². The Balaban J connectivity index is 2.25. The first-order chi connectivity index (χ1) is 8.65. The Bertz CT molecular complexity index is 472. The van der Waals surface area contributed by atoms with Crippen molar-refractivity contribution in [2.75, 3.05) is 19.6 Å². The van der Waals surface area contributed by atoms with Gasteiger partial charge < -0.3 is 14.8 Å². The van der Waals surface area contributed by atoms with Crippen LogP contribution in [-0.4, -0.2) is 41.1 Å². The van der Waals surface area contributed by atoms with Crippen LogP contribution in [-0.2, 0) is 0 Å². The summed E-state index contributed by atoms with van der Waals surface area (Å²) in [6.45, 7) is 5.95. The van der Waals surface area contributed by atoms with E-state index in [9.17, 15) is 4.79 Å². The molecular formula is C13H18N4O. The molecule has 1 aromatic heterocycles. The third kappa shape index (κ3) is 2.24. The fourth-order valence-electron chi connectivity index (χ4n) is 2.24. The molecule has 18 heavy (non-hydrogen) atoms. The molecule has 1 fully saturated rings. The van der Waals surface area contributed by atoms with Gasteiger partial charge >= 0.3 is 0 Å². The summed E-state index contributed by atoms with van der Waals surface area (Å²) in [5, 5.41) is 12.2. The molecule has 1 amide bonds. The number of hydrogen-bond acceptors (Lipinski definition) is 3. The predicted octanol–water partition coefficient (Wildman–Crippen LogP) is 1.01. The van der Waals surface area contributed by atoms with Crippen molar-refractivity contribution in [2.45, 2.75) is 25.9 Å². The SMILES string of the molecule is CC(C)n1cccc1C(=O)N1CCNCC1C#N. The second kappa shape index (κ2) is 5.23. The number of amides is 1. The third-order valence-corrected chi connectivity index (χ3v) is 3.21. The molecular weight excluding hydrogens is 228 g/mol. The van der Waals surface area contributed by atoms with Gasteiger partial charge in [-0.1, -0.05) is 0 Å². The van der Waals surface area contributed by atoms with E-state index >= 15 is 0 Å². The van der Waals surface area contributed by atoms with Crippen LogP contribution in [0.2, 0.25) is 0 Å². The van der Waals surface area contributed by atoms with E-state index in [-0.39, 0.29) is 18.0 Å². The molecule has 2 heterocycles. The van der Waals surface area contributed by atoms with Gasteiger partial charge in [0.05, 0.1) is 6.07 Å². The van der Waals surface area contributed by atoms with E-state index in [4.69, 9.17) is 5.26 Å². The number of carbonyl (C=O) groups excluding carboxylic acids is 1. The summed E-state index contributed by atoms with van der Waals surface area (Å²) in [5.41, 5.74) is 0.659. The maximum Gasteiger partial charge on any atom is 0.271 e. The quantitative estimate of drug-likeness (QED) is 0.847. The summed E-state index contributed by atoms with van der Waals surface area (Å²) < 4.78 is 1.94. The minimum Gasteiger partial charge on any atom is -0.341 e. The van der Waals surface area contributed by atoms with Gasteiger partial charge in [0.15, 0.2) is 0 Å². The molecule has 1 aliphatic rings. The molecule has 0 radical (unpaired) electrons. The highest BCUT2D eigenvalue weighted by Crippen LogP contribution is 2.15. The first-order valence-electron chi connectivity index (χ1n) is 6.23. The van der Waals surface area contributed by atoms with Gasteiger partial charge in [0.25, 0.3) is 5.91 Å². The van der Waals surface area contributed by atoms with E-state index in [2.05, 4.69) is 11.4 Å². The average molecular weight is 246 g/mol. The molecule has 1 unspecified atom stereocenters. The zero-order valence-electron chi connectivity index (χ0n) is 10.8. The van der Waals surface area contributed by atoms with Crippen LogP contribution in [0.4, 0.5) is 0 Å². The standard InChI is InChI=1S/C13H18N4O/c1-10(2)16-6-3-4-12(16)13(18)17-7-5-15-9-11(17)8-14/h3-4,6,10-11,15H,5,7,9H2,1-2H3. The average Bonchev–Trinajstić information content (AvgIpc) is 2.87. The van der Waals surface area contributed by atoms with Crippen LogP contribution in [0, 0.1) is 11.3 Å². The molecule has 96 valence electrons. The maximum absolute atomic E-state index is 12.5. The summed E-state index contributed by atoms with van der Waals surface area (Å²) in [7, 11) is 0. The highest BCUT2D eigenvalue weighted by Gasteiger charge is 2.28. The molecule has 1 atom stereocenters. The minimum atomic E-state index is -0.373. The Morgan fingerprint density at radius 1 is 1.61 bits per heavy atom. The van der Waals surface area contributed by atoms with Crippen LogP contribution in [0.1, 0.15) is 30.4 Å². The lowest BCUT2D eigenvalue weighted by Crippen LogP contribution is -2.53. The summed E-state index contributed by atoms with van der Waals surface area (Å²) >= 11 is 0. The second-order valence-electron chi connectivity index (χ2n) is 4.74. The molecule has 2 rings (SSSR count). The molecule has 0 bridgehead atoms. The number of carbonyl (C=O) groups is 1. The Hall–Kier alpha value is -1.80. The number of piperazine rings is 1. The fraction of sp³-hybridized carbons (Fsp3) is 0.538. The largest absolute Gasteiger partial charge is 0.341 e. The topological polar surface area (TPSA) is 61.1 Å². The van der Waals surface area contributed by atoms with Gasteiger partial charge in [0, 0.05) is 31.9 Å². The number of nitrogens with zero attached hydrogens (tertiary/aromatic N) is 3. The van der Waals surface area contributed by atoms with Crippen LogP contribution in [0.15, 0.2) is 18.3 Å². The Morgan fingerprint density at radius 3 is 3.06 bits per heavy atom. The number of aromatic nitrogens is 1. The van der Waals surface area contributed by atoms with Gasteiger partial charge in [-0.2, -0.15) is 5.26 Å². The number of rotatable bonds is 2. The van der Waals surface area contributed by atoms with Gasteiger partial charge in [-0.05, 0) is 26.0 Å². The highest BCUT2D eigenvalue weighted by atomic mass is 16.2. The molecule has 5 nitrogen and oxygen atoms in total. The van der Waals surface area contributed by atoms with Crippen molar-refractivity contribution in [1.29, 1.82) is 5.26 Å². The Labute approximate surface area is 107 Å². The van der Waals surface area contributed by atoms with Crippen LogP contribution >= 0.6 is 0 Å². The van der Waals surface area contributed by atoms with Crippen LogP contribution in [0.25, 0.3) is 0 Å². The molecule has 0 aliphatic carbocycles. The van der Waals surface area contributed by atoms with Gasteiger partial charge in [0.1, 0.15) is 11.7 Å². The zero-order valence-corrected chi connectivity index (χ0v) is 10.8. The van der Waals surface area contributed by atoms with Crippen molar-refractivity contribution in [3.63, 3.8) is 0 Å². The van der Waals surface area contributed by atoms with E-state index < -0.39 is 0 Å². The molecule has 5 heteroatoms. The lowest BCUT2D eigenvalue weighted by molar-refractivity contribution is 0.0674. The van der Waals surface area contributed by atoms with Crippen molar-refractivity contribution in [3.8, 4) is 6.07 Å². The van der Waals surface area contributed by atoms with Gasteiger partial charge in [-0.3, -0.25) is 4.79 Å². The van der Waals surface area contributed by atoms with Crippen molar-refractivity contribution >= 4 is 5.91 Å². The van der Waals surface area contributed by atoms with Gasteiger partial charge in [0.2, 0.25) is 0 Å². The van der Waals surface area contributed by atoms with Gasteiger partial charge in [-0.15, -0.1) is 0 Å². The lowest BCUT2D eigenvalue weighted by Gasteiger charge is -2.32. The molecule has 1 saturated heterocycles. The molecule has 0 aromatic carbocycles. The minimum absolute atomic E-state index is 0.0539. The monoisotopic (exact) mass is 246 g/mol. The highest BCUT2D eigenvalue weighted by molar-refractivity contribution is 5.93. The Kier molecular flexibility index (Phi) is 3.68. The summed E-state index contributed by atoms with van der Waals surface area (Å²) in [5.74, 6) is -0.0539. The number of nitrogens with one attached hydrogen (secondary N) is 1. The maximum atomic E-state index is 12.5. The normalized spacial score (nSPS) is 19.9. The number of hydrogen-bond donors (Lipinski definition) is 1. The van der Waals surface area contributed by atoms with E-state index in [0.717, 1.165) is 6.54 Å². The molecule has 0 saturated carbocycles. The summed E-state index contributed by atoms with van der Waals surface area (Å²) in [6, 6.07) is 5.73. The van der Waals surface area contributed by atoms with Crippen molar-refractivity contribution < 1.29 is 4.79 Å². The Morgan fingerprint density at radius 2 is 2.39 bits per heavy atom. The van der Waals surface area contributed by atoms with Crippen molar-refractivity contribution in [2.24, 2.45) is 0 Å². The van der Waals surface area contributed by atoms with Crippen molar-refractivity contribution in [1.82, 2.24) is 14.8 Å². The fourth-order valence-corrected chi connectivity index (χ4v) is 2.24. The third-order valence-electron chi connectivity index (χ3n) is 3.21. The van der Waals surface area contributed by atoms with E-state index in [1.165, 1.54) is 0 Å². The summed E-state index contributed by atoms with van der Waals surface area (Å²) in [6.07, 6.45) is 1.90.